The van der Waals surface area contributed by atoms with Crippen LogP contribution in [-0.2, 0) is 14.1 Å². The summed E-state index contributed by atoms with van der Waals surface area (Å²) in [5.74, 6) is 1.67. The Morgan fingerprint density at radius 1 is 1.24 bits per heavy atom. The molecule has 3 rings (SSSR count). The second-order valence-corrected chi connectivity index (χ2v) is 5.39. The Morgan fingerprint density at radius 2 is 2.05 bits per heavy atom. The predicted molar refractivity (Wildman–Crippen MR) is 80.6 cm³/mol. The number of aryl methyl sites for hydroxylation is 1. The van der Waals surface area contributed by atoms with E-state index in [1.54, 1.807) is 0 Å². The Hall–Kier alpha value is -2.37. The van der Waals surface area contributed by atoms with Gasteiger partial charge in [0.15, 0.2) is 13.2 Å². The number of anilines is 1. The Kier molecular flexibility index (Phi) is 3.37. The van der Waals surface area contributed by atoms with Crippen LogP contribution in [0.25, 0.3) is 0 Å². The summed E-state index contributed by atoms with van der Waals surface area (Å²) >= 11 is 0. The number of rotatable bonds is 2. The van der Waals surface area contributed by atoms with Gasteiger partial charge >= 0.3 is 0 Å². The molecule has 1 aliphatic heterocycles. The van der Waals surface area contributed by atoms with Crippen molar-refractivity contribution >= 4 is 17.2 Å². The quantitative estimate of drug-likeness (QED) is 0.629. The summed E-state index contributed by atoms with van der Waals surface area (Å²) in [6.45, 7) is 2.84. The molecule has 2 aromatic rings. The van der Waals surface area contributed by atoms with E-state index in [1.165, 1.54) is 0 Å². The minimum absolute atomic E-state index is 0.383. The van der Waals surface area contributed by atoms with Gasteiger partial charge < -0.3 is 9.64 Å². The highest BCUT2D eigenvalue weighted by molar-refractivity contribution is 5.64. The highest BCUT2D eigenvalue weighted by Crippen LogP contribution is 2.36. The Balaban J connectivity index is 1.86. The predicted octanol–water partition coefficient (Wildman–Crippen LogP) is 2.48. The molecule has 0 saturated heterocycles. The van der Waals surface area contributed by atoms with Crippen LogP contribution in [0.4, 0.5) is 17.2 Å². The van der Waals surface area contributed by atoms with E-state index in [9.17, 15) is 0 Å². The Bertz CT molecular complexity index is 691. The van der Waals surface area contributed by atoms with Gasteiger partial charge in [0.05, 0.1) is 30.5 Å². The number of ether oxygens (including phenoxy) is 1. The molecule has 1 unspecified atom stereocenters. The van der Waals surface area contributed by atoms with Crippen LogP contribution in [0.15, 0.2) is 40.7 Å². The summed E-state index contributed by atoms with van der Waals surface area (Å²) in [5.41, 5.74) is 1.89. The number of benzene rings is 1. The summed E-state index contributed by atoms with van der Waals surface area (Å²) in [6.07, 6.45) is 1.95. The molecule has 1 aromatic heterocycles. The van der Waals surface area contributed by atoms with Gasteiger partial charge in [-0.05, 0) is 19.1 Å². The first kappa shape index (κ1) is 13.6. The van der Waals surface area contributed by atoms with E-state index < -0.39 is 0 Å². The third-order valence-corrected chi connectivity index (χ3v) is 3.98. The minimum Gasteiger partial charge on any atom is -0.489 e. The highest BCUT2D eigenvalue weighted by atomic mass is 16.5. The van der Waals surface area contributed by atoms with Crippen molar-refractivity contribution in [2.75, 3.05) is 18.6 Å². The van der Waals surface area contributed by atoms with Gasteiger partial charge in [0.25, 0.3) is 0 Å². The Labute approximate surface area is 124 Å². The number of nitrogens with zero attached hydrogens (tertiary/aromatic N) is 5. The third-order valence-electron chi connectivity index (χ3n) is 3.98. The molecule has 0 radical (unpaired) electrons. The summed E-state index contributed by atoms with van der Waals surface area (Å²) in [6, 6.07) is 8.24. The molecule has 2 heterocycles. The normalized spacial score (nSPS) is 17.9. The van der Waals surface area contributed by atoms with Crippen LogP contribution in [0, 0.1) is 0 Å². The van der Waals surface area contributed by atoms with Gasteiger partial charge in [-0.1, -0.05) is 0 Å². The SMILES string of the molecule is CC1COc2cc(N=Nc3cc[n+](C)n3C)ccc2N1C. The second kappa shape index (κ2) is 5.20. The van der Waals surface area contributed by atoms with Gasteiger partial charge in [0.1, 0.15) is 12.4 Å². The lowest BCUT2D eigenvalue weighted by atomic mass is 10.2. The molecule has 0 N–H and O–H groups in total. The number of azo groups is 1. The van der Waals surface area contributed by atoms with Crippen molar-refractivity contribution in [2.45, 2.75) is 13.0 Å². The number of hydrogen-bond donors (Lipinski definition) is 0. The maximum absolute atomic E-state index is 5.77. The molecule has 0 saturated carbocycles. The van der Waals surface area contributed by atoms with Gasteiger partial charge in [0.2, 0.25) is 5.82 Å². The van der Waals surface area contributed by atoms with Gasteiger partial charge in [0, 0.05) is 13.1 Å². The molecule has 6 nitrogen and oxygen atoms in total. The molecule has 0 fully saturated rings. The van der Waals surface area contributed by atoms with E-state index in [0.717, 1.165) is 22.9 Å². The number of fused-ring (bicyclic) bond motifs is 1. The maximum atomic E-state index is 5.77. The zero-order valence-electron chi connectivity index (χ0n) is 12.8. The van der Waals surface area contributed by atoms with Crippen LogP contribution >= 0.6 is 0 Å². The van der Waals surface area contributed by atoms with Crippen LogP contribution in [0.3, 0.4) is 0 Å². The van der Waals surface area contributed by atoms with Crippen molar-refractivity contribution in [1.82, 2.24) is 4.68 Å². The van der Waals surface area contributed by atoms with Gasteiger partial charge in [-0.3, -0.25) is 0 Å². The molecule has 21 heavy (non-hydrogen) atoms. The fourth-order valence-electron chi connectivity index (χ4n) is 2.28. The largest absolute Gasteiger partial charge is 0.489 e. The zero-order chi connectivity index (χ0) is 15.0. The highest BCUT2D eigenvalue weighted by Gasteiger charge is 2.21. The van der Waals surface area contributed by atoms with Gasteiger partial charge in [-0.25, -0.2) is 0 Å². The molecule has 1 atom stereocenters. The first-order chi connectivity index (χ1) is 10.1. The van der Waals surface area contributed by atoms with Crippen molar-refractivity contribution in [1.29, 1.82) is 0 Å². The molecule has 0 spiro atoms. The first-order valence-electron chi connectivity index (χ1n) is 6.99. The molecule has 6 heteroatoms. The van der Waals surface area contributed by atoms with E-state index in [2.05, 4.69) is 29.1 Å². The molecule has 1 aliphatic rings. The lowest BCUT2D eigenvalue weighted by Gasteiger charge is -2.33. The number of aromatic nitrogens is 2. The van der Waals surface area contributed by atoms with E-state index in [1.807, 2.05) is 53.9 Å². The van der Waals surface area contributed by atoms with Gasteiger partial charge in [-0.15, -0.1) is 19.6 Å². The second-order valence-electron chi connectivity index (χ2n) is 5.39. The van der Waals surface area contributed by atoms with E-state index >= 15 is 0 Å². The van der Waals surface area contributed by atoms with E-state index in [4.69, 9.17) is 4.74 Å². The van der Waals surface area contributed by atoms with E-state index in [0.29, 0.717) is 12.6 Å². The fourth-order valence-corrected chi connectivity index (χ4v) is 2.28. The van der Waals surface area contributed by atoms with Gasteiger partial charge in [-0.2, -0.15) is 0 Å². The average molecular weight is 286 g/mol. The molecule has 1 aromatic carbocycles. The van der Waals surface area contributed by atoms with Crippen LogP contribution in [0.2, 0.25) is 0 Å². The molecule has 0 amide bonds. The minimum atomic E-state index is 0.383. The van der Waals surface area contributed by atoms with Crippen LogP contribution < -0.4 is 14.3 Å². The first-order valence-corrected chi connectivity index (χ1v) is 6.99. The fraction of sp³-hybridized carbons (Fsp3) is 0.400. The molecule has 110 valence electrons. The topological polar surface area (TPSA) is 46.0 Å². The summed E-state index contributed by atoms with van der Waals surface area (Å²) in [4.78, 5) is 2.22. The lowest BCUT2D eigenvalue weighted by Crippen LogP contribution is -2.37. The van der Waals surface area contributed by atoms with Crippen molar-refractivity contribution in [3.05, 3.63) is 30.5 Å². The van der Waals surface area contributed by atoms with Crippen molar-refractivity contribution in [3.8, 4) is 5.75 Å². The number of likely N-dealkylation sites (N-methyl/N-ethyl adjacent to an activating group) is 1. The molecular formula is C15H20N5O+. The Morgan fingerprint density at radius 3 is 2.76 bits per heavy atom. The maximum Gasteiger partial charge on any atom is 0.214 e. The standard InChI is InChI=1S/C15H20N5O/c1-11-10-21-14-9-12(5-6-13(14)19(11)3)16-17-15-7-8-18(2)20(15)4/h5-9,11H,10H2,1-4H3/q+1. The molecule has 0 aliphatic carbocycles. The number of hydrogen-bond acceptors (Lipinski definition) is 4. The average Bonchev–Trinajstić information content (AvgIpc) is 2.80. The molecular weight excluding hydrogens is 266 g/mol. The van der Waals surface area contributed by atoms with Crippen molar-refractivity contribution in [2.24, 2.45) is 24.3 Å². The van der Waals surface area contributed by atoms with Crippen molar-refractivity contribution in [3.63, 3.8) is 0 Å². The summed E-state index contributed by atoms with van der Waals surface area (Å²) in [7, 11) is 5.99. The monoisotopic (exact) mass is 286 g/mol. The summed E-state index contributed by atoms with van der Waals surface area (Å²) < 4.78 is 9.64. The van der Waals surface area contributed by atoms with Crippen LogP contribution in [0.5, 0.6) is 5.75 Å². The smallest absolute Gasteiger partial charge is 0.214 e. The van der Waals surface area contributed by atoms with Crippen LogP contribution in [0.1, 0.15) is 6.92 Å². The van der Waals surface area contributed by atoms with Crippen molar-refractivity contribution < 1.29 is 9.42 Å². The van der Waals surface area contributed by atoms with Crippen LogP contribution in [-0.4, -0.2) is 24.4 Å². The zero-order valence-corrected chi connectivity index (χ0v) is 12.8. The third kappa shape index (κ3) is 2.49. The summed E-state index contributed by atoms with van der Waals surface area (Å²) in [5, 5.41) is 8.57. The lowest BCUT2D eigenvalue weighted by molar-refractivity contribution is -0.750. The van der Waals surface area contributed by atoms with E-state index in [-0.39, 0.29) is 0 Å². The molecule has 0 bridgehead atoms.